The minimum atomic E-state index is -4.85. The number of alkyl carbamates (subject to hydrolysis) is 1. The molecule has 0 unspecified atom stereocenters. The molecule has 0 aliphatic carbocycles. The summed E-state index contributed by atoms with van der Waals surface area (Å²) in [7, 11) is 0. The average molecular weight is 620 g/mol. The summed E-state index contributed by atoms with van der Waals surface area (Å²) < 4.78 is 60.4. The van der Waals surface area contributed by atoms with Crippen molar-refractivity contribution < 1.29 is 41.4 Å². The maximum absolute atomic E-state index is 13.8. The first-order chi connectivity index (χ1) is 20.2. The minimum Gasteiger partial charge on any atom is -0.444 e. The van der Waals surface area contributed by atoms with E-state index in [1.807, 2.05) is 0 Å². The molecule has 1 atom stereocenters. The summed E-state index contributed by atoms with van der Waals surface area (Å²) in [6.45, 7) is 5.13. The van der Waals surface area contributed by atoms with E-state index in [1.165, 1.54) is 47.0 Å². The molecule has 3 aromatic carbocycles. The van der Waals surface area contributed by atoms with Gasteiger partial charge in [0.15, 0.2) is 0 Å². The Morgan fingerprint density at radius 3 is 2.26 bits per heavy atom. The lowest BCUT2D eigenvalue weighted by Crippen LogP contribution is -2.50. The van der Waals surface area contributed by atoms with Gasteiger partial charge < -0.3 is 25.0 Å². The number of benzene rings is 3. The zero-order valence-corrected chi connectivity index (χ0v) is 24.3. The summed E-state index contributed by atoms with van der Waals surface area (Å²) in [5.74, 6) is -1.60. The number of amides is 3. The molecule has 0 aromatic heterocycles. The molecular weight excluding hydrogens is 590 g/mol. The summed E-state index contributed by atoms with van der Waals surface area (Å²) in [6, 6.07) is 14.5. The summed E-state index contributed by atoms with van der Waals surface area (Å²) >= 11 is 1.29. The van der Waals surface area contributed by atoms with E-state index in [1.54, 1.807) is 45.0 Å². The van der Waals surface area contributed by atoms with Crippen molar-refractivity contribution in [3.05, 3.63) is 89.2 Å². The van der Waals surface area contributed by atoms with Crippen LogP contribution in [-0.2, 0) is 22.6 Å². The third-order valence-corrected chi connectivity index (χ3v) is 7.19. The fourth-order valence-corrected chi connectivity index (χ4v) is 5.18. The van der Waals surface area contributed by atoms with Crippen molar-refractivity contribution in [3.63, 3.8) is 0 Å². The number of fused-ring (bicyclic) bond motifs is 1. The van der Waals surface area contributed by atoms with Gasteiger partial charge in [0, 0.05) is 22.8 Å². The van der Waals surface area contributed by atoms with Gasteiger partial charge >= 0.3 is 12.5 Å². The number of ether oxygens (including phenoxy) is 2. The lowest BCUT2D eigenvalue weighted by Gasteiger charge is -2.27. The number of carbonyl (C=O) groups excluding carboxylic acids is 3. The summed E-state index contributed by atoms with van der Waals surface area (Å²) in [6.07, 6.45) is -5.64. The van der Waals surface area contributed by atoms with E-state index in [2.05, 4.69) is 15.4 Å². The van der Waals surface area contributed by atoms with Crippen molar-refractivity contribution in [2.24, 2.45) is 0 Å². The highest BCUT2D eigenvalue weighted by atomic mass is 32.2. The second-order valence-corrected chi connectivity index (χ2v) is 11.7. The molecule has 1 heterocycles. The van der Waals surface area contributed by atoms with Gasteiger partial charge in [-0.05, 0) is 74.4 Å². The lowest BCUT2D eigenvalue weighted by molar-refractivity contribution is -0.274. The molecule has 0 bridgehead atoms. The number of rotatable bonds is 7. The predicted octanol–water partition coefficient (Wildman–Crippen LogP) is 6.19. The van der Waals surface area contributed by atoms with Crippen molar-refractivity contribution in [1.29, 1.82) is 0 Å². The molecule has 43 heavy (non-hydrogen) atoms. The molecule has 3 aromatic rings. The average Bonchev–Trinajstić information content (AvgIpc) is 3.03. The van der Waals surface area contributed by atoms with Crippen LogP contribution in [0, 0.1) is 5.82 Å². The Kier molecular flexibility index (Phi) is 9.53. The Morgan fingerprint density at radius 1 is 0.977 bits per heavy atom. The Morgan fingerprint density at radius 2 is 1.63 bits per heavy atom. The molecule has 228 valence electrons. The molecule has 4 rings (SSSR count). The molecule has 13 heteroatoms. The van der Waals surface area contributed by atoms with Crippen molar-refractivity contribution in [3.8, 4) is 5.75 Å². The highest BCUT2D eigenvalue weighted by molar-refractivity contribution is 7.99. The van der Waals surface area contributed by atoms with Crippen LogP contribution in [0.5, 0.6) is 5.75 Å². The Hall–Kier alpha value is -4.26. The van der Waals surface area contributed by atoms with Gasteiger partial charge in [-0.15, -0.1) is 24.9 Å². The largest absolute Gasteiger partial charge is 0.573 e. The highest BCUT2D eigenvalue weighted by Gasteiger charge is 2.34. The quantitative estimate of drug-likeness (QED) is 0.307. The van der Waals surface area contributed by atoms with Crippen LogP contribution in [0.25, 0.3) is 0 Å². The van der Waals surface area contributed by atoms with E-state index in [4.69, 9.17) is 4.74 Å². The molecule has 3 amide bonds. The number of carbonyl (C=O) groups is 3. The van der Waals surface area contributed by atoms with Gasteiger partial charge in [0.05, 0.1) is 12.2 Å². The molecule has 2 N–H and O–H groups in total. The number of alkyl halides is 3. The first-order valence-corrected chi connectivity index (χ1v) is 14.1. The zero-order valence-electron chi connectivity index (χ0n) is 23.5. The number of thioether (sulfide) groups is 1. The number of hydrogen-bond acceptors (Lipinski definition) is 6. The standard InChI is InChI=1S/C30H29F4N3O5S/c1-29(2,3)42-28(40)36-23-17-43-25-13-8-20(26(38)35-15-18-4-9-21(31)10-5-18)14-24(25)37(27(23)39)16-19-6-11-22(12-7-19)41-30(32,33)34/h4-14,23H,15-17H2,1-3H3,(H,35,38)(H,36,40)/t23-/m0/s1. The molecule has 0 radical (unpaired) electrons. The van der Waals surface area contributed by atoms with Crippen molar-refractivity contribution >= 4 is 35.4 Å². The third-order valence-electron chi connectivity index (χ3n) is 6.04. The van der Waals surface area contributed by atoms with Crippen LogP contribution in [0.3, 0.4) is 0 Å². The fourth-order valence-electron chi connectivity index (χ4n) is 4.12. The molecule has 0 saturated carbocycles. The van der Waals surface area contributed by atoms with Gasteiger partial charge in [-0.1, -0.05) is 24.3 Å². The number of nitrogens with zero attached hydrogens (tertiary/aromatic N) is 1. The highest BCUT2D eigenvalue weighted by Crippen LogP contribution is 2.36. The van der Waals surface area contributed by atoms with Crippen LogP contribution in [0.15, 0.2) is 71.6 Å². The Balaban J connectivity index is 1.61. The smallest absolute Gasteiger partial charge is 0.444 e. The predicted molar refractivity (Wildman–Crippen MR) is 152 cm³/mol. The fraction of sp³-hybridized carbons (Fsp3) is 0.300. The van der Waals surface area contributed by atoms with E-state index >= 15 is 0 Å². The van der Waals surface area contributed by atoms with Crippen LogP contribution in [0.1, 0.15) is 42.3 Å². The molecule has 0 spiro atoms. The van der Waals surface area contributed by atoms with Crippen LogP contribution in [-0.4, -0.2) is 41.7 Å². The Labute approximate surface area is 249 Å². The minimum absolute atomic E-state index is 0.0775. The molecular formula is C30H29F4N3O5S. The monoisotopic (exact) mass is 619 g/mol. The number of anilines is 1. The van der Waals surface area contributed by atoms with Crippen LogP contribution < -0.4 is 20.3 Å². The van der Waals surface area contributed by atoms with Gasteiger partial charge in [-0.2, -0.15) is 0 Å². The van der Waals surface area contributed by atoms with Gasteiger partial charge in [-0.25, -0.2) is 9.18 Å². The molecule has 1 aliphatic heterocycles. The molecule has 8 nitrogen and oxygen atoms in total. The van der Waals surface area contributed by atoms with Crippen LogP contribution >= 0.6 is 11.8 Å². The first-order valence-electron chi connectivity index (χ1n) is 13.1. The van der Waals surface area contributed by atoms with Crippen molar-refractivity contribution in [1.82, 2.24) is 10.6 Å². The SMILES string of the molecule is CC(C)(C)OC(=O)N[C@H]1CSc2ccc(C(=O)NCc3ccc(F)cc3)cc2N(Cc2ccc(OC(F)(F)F)cc2)C1=O. The van der Waals surface area contributed by atoms with Crippen molar-refractivity contribution in [2.75, 3.05) is 10.7 Å². The second-order valence-electron chi connectivity index (χ2n) is 10.6. The Bertz CT molecular complexity index is 1480. The number of nitrogens with one attached hydrogen (secondary N) is 2. The number of halogens is 4. The zero-order chi connectivity index (χ0) is 31.4. The van der Waals surface area contributed by atoms with Gasteiger partial charge in [0.1, 0.15) is 23.2 Å². The topological polar surface area (TPSA) is 97.0 Å². The summed E-state index contributed by atoms with van der Waals surface area (Å²) in [5.41, 5.74) is 0.985. The lowest BCUT2D eigenvalue weighted by atomic mass is 10.1. The normalized spacial score (nSPS) is 15.3. The molecule has 1 aliphatic rings. The van der Waals surface area contributed by atoms with Gasteiger partial charge in [-0.3, -0.25) is 9.59 Å². The van der Waals surface area contributed by atoms with E-state index in [0.29, 0.717) is 21.7 Å². The first kappa shape index (κ1) is 31.7. The number of hydrogen-bond donors (Lipinski definition) is 2. The van der Waals surface area contributed by atoms with Crippen molar-refractivity contribution in [2.45, 2.75) is 56.8 Å². The van der Waals surface area contributed by atoms with E-state index < -0.39 is 47.5 Å². The van der Waals surface area contributed by atoms with E-state index in [9.17, 15) is 31.9 Å². The van der Waals surface area contributed by atoms with Gasteiger partial charge in [0.25, 0.3) is 11.8 Å². The second kappa shape index (κ2) is 12.9. The summed E-state index contributed by atoms with van der Waals surface area (Å²) in [5, 5.41) is 5.37. The maximum atomic E-state index is 13.8. The van der Waals surface area contributed by atoms with E-state index in [-0.39, 0.29) is 24.4 Å². The molecule has 0 fully saturated rings. The van der Waals surface area contributed by atoms with Gasteiger partial charge in [0.2, 0.25) is 0 Å². The van der Waals surface area contributed by atoms with Crippen LogP contribution in [0.4, 0.5) is 28.0 Å². The van der Waals surface area contributed by atoms with Crippen LogP contribution in [0.2, 0.25) is 0 Å². The molecule has 0 saturated heterocycles. The third kappa shape index (κ3) is 9.11. The summed E-state index contributed by atoms with van der Waals surface area (Å²) in [4.78, 5) is 41.4. The van der Waals surface area contributed by atoms with E-state index in [0.717, 1.165) is 12.1 Å². The maximum Gasteiger partial charge on any atom is 0.573 e.